The Morgan fingerprint density at radius 1 is 1.14 bits per heavy atom. The zero-order chi connectivity index (χ0) is 15.2. The van der Waals surface area contributed by atoms with Crippen LogP contribution in [-0.4, -0.2) is 15.0 Å². The van der Waals surface area contributed by atoms with E-state index in [4.69, 9.17) is 0 Å². The summed E-state index contributed by atoms with van der Waals surface area (Å²) in [6, 6.07) is 4.38. The molecule has 0 atom stereocenters. The van der Waals surface area contributed by atoms with Gasteiger partial charge in [0.15, 0.2) is 0 Å². The van der Waals surface area contributed by atoms with Gasteiger partial charge in [0.25, 0.3) is 0 Å². The van der Waals surface area contributed by atoms with E-state index >= 15 is 0 Å². The molecule has 108 valence electrons. The van der Waals surface area contributed by atoms with Gasteiger partial charge < -0.3 is 4.98 Å². The topological polar surface area (TPSA) is 41.6 Å². The predicted molar refractivity (Wildman–Crippen MR) is 69.0 cm³/mol. The average molecular weight is 295 g/mol. The molecule has 0 aliphatic rings. The summed E-state index contributed by atoms with van der Waals surface area (Å²) in [4.78, 5) is 10.8. The summed E-state index contributed by atoms with van der Waals surface area (Å²) in [5.74, 6) is -0.382. The number of aromatic amines is 1. The predicted octanol–water partition coefficient (Wildman–Crippen LogP) is 4.09. The van der Waals surface area contributed by atoms with Crippen molar-refractivity contribution in [1.82, 2.24) is 15.0 Å². The lowest BCUT2D eigenvalue weighted by Gasteiger charge is -2.05. The Kier molecular flexibility index (Phi) is 2.93. The van der Waals surface area contributed by atoms with Gasteiger partial charge in [0.2, 0.25) is 0 Å². The number of hydrogen-bond donors (Lipinski definition) is 1. The number of nitrogens with zero attached hydrogens (tertiary/aromatic N) is 2. The van der Waals surface area contributed by atoms with E-state index in [1.54, 1.807) is 6.92 Å². The lowest BCUT2D eigenvalue weighted by atomic mass is 10.2. The molecule has 0 bridgehead atoms. The molecular formula is C14H9F4N3. The molecule has 0 spiro atoms. The number of pyridine rings is 1. The van der Waals surface area contributed by atoms with Crippen molar-refractivity contribution < 1.29 is 17.6 Å². The molecule has 0 aliphatic carbocycles. The van der Waals surface area contributed by atoms with Crippen molar-refractivity contribution >= 4 is 11.0 Å². The van der Waals surface area contributed by atoms with Gasteiger partial charge in [0.1, 0.15) is 11.6 Å². The Bertz CT molecular complexity index is 821. The highest BCUT2D eigenvalue weighted by Crippen LogP contribution is 2.31. The average Bonchev–Trinajstić information content (AvgIpc) is 2.79. The lowest BCUT2D eigenvalue weighted by Crippen LogP contribution is -2.04. The minimum absolute atomic E-state index is 0.116. The number of benzene rings is 1. The SMILES string of the molecule is Cc1cc(F)c(-c2nc3ccc(C(F)(F)F)cc3[nH]2)cn1. The van der Waals surface area contributed by atoms with Gasteiger partial charge in [-0.2, -0.15) is 13.2 Å². The van der Waals surface area contributed by atoms with Gasteiger partial charge in [-0.05, 0) is 31.2 Å². The Morgan fingerprint density at radius 3 is 2.57 bits per heavy atom. The summed E-state index contributed by atoms with van der Waals surface area (Å²) < 4.78 is 51.8. The molecule has 0 saturated carbocycles. The fraction of sp³-hybridized carbons (Fsp3) is 0.143. The number of aromatic nitrogens is 3. The van der Waals surface area contributed by atoms with Crippen LogP contribution in [0.4, 0.5) is 17.6 Å². The third kappa shape index (κ3) is 2.46. The number of alkyl halides is 3. The molecule has 2 heterocycles. The molecule has 0 aliphatic heterocycles. The van der Waals surface area contributed by atoms with Crippen LogP contribution in [-0.2, 0) is 6.18 Å². The smallest absolute Gasteiger partial charge is 0.338 e. The molecule has 0 saturated heterocycles. The van der Waals surface area contributed by atoms with Crippen LogP contribution < -0.4 is 0 Å². The third-order valence-electron chi connectivity index (χ3n) is 3.05. The van der Waals surface area contributed by atoms with Crippen LogP contribution >= 0.6 is 0 Å². The van der Waals surface area contributed by atoms with Crippen LogP contribution in [0.3, 0.4) is 0 Å². The van der Waals surface area contributed by atoms with Crippen molar-refractivity contribution in [3.8, 4) is 11.4 Å². The van der Waals surface area contributed by atoms with E-state index in [0.717, 1.165) is 12.1 Å². The zero-order valence-electron chi connectivity index (χ0n) is 10.8. The fourth-order valence-corrected chi connectivity index (χ4v) is 2.01. The number of imidazole rings is 1. The Labute approximate surface area is 116 Å². The molecule has 0 fully saturated rings. The molecule has 1 aromatic carbocycles. The molecule has 3 nitrogen and oxygen atoms in total. The molecule has 3 rings (SSSR count). The number of hydrogen-bond acceptors (Lipinski definition) is 2. The highest BCUT2D eigenvalue weighted by atomic mass is 19.4. The number of fused-ring (bicyclic) bond motifs is 1. The van der Waals surface area contributed by atoms with E-state index in [1.165, 1.54) is 18.3 Å². The zero-order valence-corrected chi connectivity index (χ0v) is 10.8. The van der Waals surface area contributed by atoms with Crippen molar-refractivity contribution in [1.29, 1.82) is 0 Å². The molecule has 0 unspecified atom stereocenters. The second-order valence-corrected chi connectivity index (χ2v) is 4.62. The molecule has 2 aromatic heterocycles. The highest BCUT2D eigenvalue weighted by Gasteiger charge is 2.30. The summed E-state index contributed by atoms with van der Waals surface area (Å²) in [6.07, 6.45) is -3.14. The van der Waals surface area contributed by atoms with Crippen molar-refractivity contribution in [3.63, 3.8) is 0 Å². The van der Waals surface area contributed by atoms with Gasteiger partial charge in [-0.1, -0.05) is 0 Å². The van der Waals surface area contributed by atoms with Crippen LogP contribution in [0.2, 0.25) is 0 Å². The Hall–Kier alpha value is -2.44. The van der Waals surface area contributed by atoms with Crippen molar-refractivity contribution in [3.05, 3.63) is 47.5 Å². The Morgan fingerprint density at radius 2 is 1.90 bits per heavy atom. The van der Waals surface area contributed by atoms with Gasteiger partial charge in [-0.15, -0.1) is 0 Å². The minimum Gasteiger partial charge on any atom is -0.338 e. The molecule has 0 amide bonds. The molecule has 21 heavy (non-hydrogen) atoms. The normalized spacial score (nSPS) is 12.0. The number of aryl methyl sites for hydroxylation is 1. The second kappa shape index (κ2) is 4.54. The maximum atomic E-state index is 13.9. The minimum atomic E-state index is -4.43. The van der Waals surface area contributed by atoms with Crippen molar-refractivity contribution in [2.45, 2.75) is 13.1 Å². The quantitative estimate of drug-likeness (QED) is 0.687. The third-order valence-corrected chi connectivity index (χ3v) is 3.05. The van der Waals surface area contributed by atoms with Gasteiger partial charge >= 0.3 is 6.18 Å². The molecular weight excluding hydrogens is 286 g/mol. The van der Waals surface area contributed by atoms with Gasteiger partial charge in [0.05, 0.1) is 22.2 Å². The maximum Gasteiger partial charge on any atom is 0.416 e. The standard InChI is InChI=1S/C14H9F4N3/c1-7-4-10(15)9(6-19-7)13-20-11-3-2-8(14(16,17)18)5-12(11)21-13/h2-6H,1H3,(H,20,21). The van der Waals surface area contributed by atoms with Crippen LogP contribution in [0.25, 0.3) is 22.4 Å². The summed E-state index contributed by atoms with van der Waals surface area (Å²) >= 11 is 0. The molecule has 0 radical (unpaired) electrons. The highest BCUT2D eigenvalue weighted by molar-refractivity contribution is 5.80. The van der Waals surface area contributed by atoms with E-state index in [2.05, 4.69) is 15.0 Å². The van der Waals surface area contributed by atoms with E-state index in [0.29, 0.717) is 11.2 Å². The first-order chi connectivity index (χ1) is 9.84. The van der Waals surface area contributed by atoms with Crippen LogP contribution in [0, 0.1) is 12.7 Å². The number of rotatable bonds is 1. The molecule has 1 N–H and O–H groups in total. The van der Waals surface area contributed by atoms with Gasteiger partial charge in [-0.3, -0.25) is 4.98 Å². The van der Waals surface area contributed by atoms with E-state index in [1.807, 2.05) is 0 Å². The van der Waals surface area contributed by atoms with Crippen LogP contribution in [0.15, 0.2) is 30.5 Å². The first-order valence-corrected chi connectivity index (χ1v) is 6.04. The van der Waals surface area contributed by atoms with Crippen LogP contribution in [0.5, 0.6) is 0 Å². The lowest BCUT2D eigenvalue weighted by molar-refractivity contribution is -0.137. The number of nitrogens with one attached hydrogen (secondary N) is 1. The first kappa shape index (κ1) is 13.5. The molecule has 3 aromatic rings. The fourth-order valence-electron chi connectivity index (χ4n) is 2.01. The summed E-state index contributed by atoms with van der Waals surface area (Å²) in [5, 5.41) is 0. The van der Waals surface area contributed by atoms with E-state index in [9.17, 15) is 17.6 Å². The summed E-state index contributed by atoms with van der Waals surface area (Å²) in [5.41, 5.74) is 0.363. The van der Waals surface area contributed by atoms with E-state index in [-0.39, 0.29) is 16.9 Å². The number of H-pyrrole nitrogens is 1. The monoisotopic (exact) mass is 295 g/mol. The first-order valence-electron chi connectivity index (χ1n) is 6.04. The van der Waals surface area contributed by atoms with Crippen LogP contribution in [0.1, 0.15) is 11.3 Å². The van der Waals surface area contributed by atoms with E-state index < -0.39 is 17.6 Å². The number of halogens is 4. The van der Waals surface area contributed by atoms with Crippen molar-refractivity contribution in [2.24, 2.45) is 0 Å². The Balaban J connectivity index is 2.13. The second-order valence-electron chi connectivity index (χ2n) is 4.62. The van der Waals surface area contributed by atoms with Gasteiger partial charge in [0, 0.05) is 11.9 Å². The largest absolute Gasteiger partial charge is 0.416 e. The van der Waals surface area contributed by atoms with Gasteiger partial charge in [-0.25, -0.2) is 9.37 Å². The maximum absolute atomic E-state index is 13.9. The summed E-state index contributed by atoms with van der Waals surface area (Å²) in [7, 11) is 0. The van der Waals surface area contributed by atoms with Crippen molar-refractivity contribution in [2.75, 3.05) is 0 Å². The summed E-state index contributed by atoms with van der Waals surface area (Å²) in [6.45, 7) is 1.64. The molecule has 7 heteroatoms.